The number of carbonyl (C=O) groups excluding carboxylic acids is 1. The Labute approximate surface area is 125 Å². The Morgan fingerprint density at radius 1 is 1.19 bits per heavy atom. The van der Waals surface area contributed by atoms with Crippen molar-refractivity contribution in [2.24, 2.45) is 0 Å². The summed E-state index contributed by atoms with van der Waals surface area (Å²) >= 11 is 0. The summed E-state index contributed by atoms with van der Waals surface area (Å²) in [6.07, 6.45) is 1.91. The molecule has 1 aromatic carbocycles. The quantitative estimate of drug-likeness (QED) is 0.765. The summed E-state index contributed by atoms with van der Waals surface area (Å²) in [4.78, 5) is 12.4. The lowest BCUT2D eigenvalue weighted by molar-refractivity contribution is 0.0981. The van der Waals surface area contributed by atoms with Crippen LogP contribution in [0.4, 0.5) is 0 Å². The smallest absolute Gasteiger partial charge is 0.165 e. The van der Waals surface area contributed by atoms with Gasteiger partial charge in [0.25, 0.3) is 0 Å². The molecule has 2 rings (SSSR count). The number of carbonyl (C=O) groups is 1. The van der Waals surface area contributed by atoms with Gasteiger partial charge in [-0.25, -0.2) is 0 Å². The van der Waals surface area contributed by atoms with Crippen molar-refractivity contribution in [3.63, 3.8) is 0 Å². The lowest BCUT2D eigenvalue weighted by Crippen LogP contribution is -2.08. The highest BCUT2D eigenvalue weighted by molar-refractivity contribution is 5.97. The van der Waals surface area contributed by atoms with Gasteiger partial charge in [-0.3, -0.25) is 4.79 Å². The second kappa shape index (κ2) is 6.97. The van der Waals surface area contributed by atoms with E-state index < -0.39 is 0 Å². The Kier molecular flexibility index (Phi) is 5.04. The van der Waals surface area contributed by atoms with Crippen molar-refractivity contribution in [3.8, 4) is 5.75 Å². The van der Waals surface area contributed by atoms with Gasteiger partial charge in [-0.2, -0.15) is 10.2 Å². The molecule has 0 aliphatic carbocycles. The van der Waals surface area contributed by atoms with Crippen LogP contribution in [0, 0.1) is 6.92 Å². The van der Waals surface area contributed by atoms with Crippen LogP contribution in [0.5, 0.6) is 5.75 Å². The van der Waals surface area contributed by atoms with Crippen LogP contribution in [0.25, 0.3) is 0 Å². The molecule has 0 radical (unpaired) electrons. The zero-order valence-corrected chi connectivity index (χ0v) is 12.7. The van der Waals surface area contributed by atoms with Gasteiger partial charge in [-0.15, -0.1) is 0 Å². The predicted molar refractivity (Wildman–Crippen MR) is 81.8 cm³/mol. The van der Waals surface area contributed by atoms with Crippen molar-refractivity contribution in [2.75, 3.05) is 7.11 Å². The number of Topliss-reactive ketones (excluding diaryl/α,β-unsaturated/α-hetero) is 1. The minimum Gasteiger partial charge on any atom is -0.497 e. The summed E-state index contributed by atoms with van der Waals surface area (Å²) in [6, 6.07) is 9.64. The van der Waals surface area contributed by atoms with Gasteiger partial charge in [0.1, 0.15) is 5.75 Å². The first-order chi connectivity index (χ1) is 10.1. The van der Waals surface area contributed by atoms with Gasteiger partial charge in [0.2, 0.25) is 0 Å². The van der Waals surface area contributed by atoms with Gasteiger partial charge in [0, 0.05) is 12.0 Å². The van der Waals surface area contributed by atoms with Gasteiger partial charge >= 0.3 is 0 Å². The van der Waals surface area contributed by atoms with E-state index in [0.717, 1.165) is 29.1 Å². The molecule has 0 saturated carbocycles. The zero-order valence-electron chi connectivity index (χ0n) is 12.7. The normalized spacial score (nSPS) is 10.4. The summed E-state index contributed by atoms with van der Waals surface area (Å²) in [5, 5.41) is 8.12. The molecule has 21 heavy (non-hydrogen) atoms. The maximum Gasteiger partial charge on any atom is 0.165 e. The first-order valence-electron chi connectivity index (χ1n) is 7.13. The monoisotopic (exact) mass is 284 g/mol. The second-order valence-corrected chi connectivity index (χ2v) is 4.97. The molecule has 2 aromatic rings. The third-order valence-electron chi connectivity index (χ3n) is 3.43. The molecule has 0 atom stereocenters. The molecule has 4 nitrogen and oxygen atoms in total. The summed E-state index contributed by atoms with van der Waals surface area (Å²) < 4.78 is 5.13. The van der Waals surface area contributed by atoms with Crippen molar-refractivity contribution < 1.29 is 9.53 Å². The lowest BCUT2D eigenvalue weighted by Gasteiger charge is -2.07. The summed E-state index contributed by atoms with van der Waals surface area (Å²) in [6.45, 7) is 3.84. The summed E-state index contributed by atoms with van der Waals surface area (Å²) in [7, 11) is 1.64. The average molecular weight is 284 g/mol. The molecule has 0 fully saturated rings. The fraction of sp³-hybridized carbons (Fsp3) is 0.353. The van der Waals surface area contributed by atoms with Crippen molar-refractivity contribution in [1.29, 1.82) is 0 Å². The molecular weight excluding hydrogens is 264 g/mol. The van der Waals surface area contributed by atoms with E-state index in [2.05, 4.69) is 10.2 Å². The Hall–Kier alpha value is -2.23. The fourth-order valence-corrected chi connectivity index (χ4v) is 2.20. The summed E-state index contributed by atoms with van der Waals surface area (Å²) in [5.41, 5.74) is 3.39. The standard InChI is InChI=1S/C17H20N2O2/c1-4-16-15(11-12(2)18-19-16)17(20)10-7-13-5-8-14(21-3)9-6-13/h5-6,8-9,11H,4,7,10H2,1-3H3. The molecule has 0 spiro atoms. The number of hydrogen-bond acceptors (Lipinski definition) is 4. The van der Waals surface area contributed by atoms with Crippen molar-refractivity contribution in [1.82, 2.24) is 10.2 Å². The van der Waals surface area contributed by atoms with Crippen molar-refractivity contribution in [2.45, 2.75) is 33.1 Å². The van der Waals surface area contributed by atoms with Crippen LogP contribution in [0.2, 0.25) is 0 Å². The van der Waals surface area contributed by atoms with Crippen LogP contribution < -0.4 is 4.74 Å². The van der Waals surface area contributed by atoms with Gasteiger partial charge < -0.3 is 4.74 Å². The number of benzene rings is 1. The Morgan fingerprint density at radius 2 is 1.90 bits per heavy atom. The molecule has 0 bridgehead atoms. The number of aryl methyl sites for hydroxylation is 3. The topological polar surface area (TPSA) is 52.1 Å². The number of methoxy groups -OCH3 is 1. The van der Waals surface area contributed by atoms with Crippen LogP contribution in [0.3, 0.4) is 0 Å². The molecule has 0 aliphatic rings. The number of rotatable bonds is 6. The third-order valence-corrected chi connectivity index (χ3v) is 3.43. The first kappa shape index (κ1) is 15.2. The Balaban J connectivity index is 2.05. The van der Waals surface area contributed by atoms with E-state index in [4.69, 9.17) is 4.74 Å². The minimum atomic E-state index is 0.126. The predicted octanol–water partition coefficient (Wildman–Crippen LogP) is 3.17. The number of ketones is 1. The van der Waals surface area contributed by atoms with Gasteiger partial charge in [-0.05, 0) is 43.5 Å². The van der Waals surface area contributed by atoms with Crippen molar-refractivity contribution >= 4 is 5.78 Å². The lowest BCUT2D eigenvalue weighted by atomic mass is 10.0. The van der Waals surface area contributed by atoms with Crippen LogP contribution in [0.15, 0.2) is 30.3 Å². The highest BCUT2D eigenvalue weighted by atomic mass is 16.5. The SMILES string of the molecule is CCc1nnc(C)cc1C(=O)CCc1ccc(OC)cc1. The van der Waals surface area contributed by atoms with Crippen LogP contribution in [0.1, 0.15) is 40.7 Å². The largest absolute Gasteiger partial charge is 0.497 e. The highest BCUT2D eigenvalue weighted by Crippen LogP contribution is 2.15. The maximum absolute atomic E-state index is 12.4. The Bertz CT molecular complexity index is 621. The van der Waals surface area contributed by atoms with E-state index in [1.807, 2.05) is 44.2 Å². The molecule has 0 N–H and O–H groups in total. The molecular formula is C17H20N2O2. The number of aromatic nitrogens is 2. The third kappa shape index (κ3) is 3.88. The average Bonchev–Trinajstić information content (AvgIpc) is 2.53. The van der Waals surface area contributed by atoms with Gasteiger partial charge in [-0.1, -0.05) is 19.1 Å². The summed E-state index contributed by atoms with van der Waals surface area (Å²) in [5.74, 6) is 0.952. The van der Waals surface area contributed by atoms with E-state index in [1.54, 1.807) is 7.11 Å². The molecule has 0 unspecified atom stereocenters. The molecule has 0 amide bonds. The van der Waals surface area contributed by atoms with Gasteiger partial charge in [0.05, 0.1) is 18.5 Å². The van der Waals surface area contributed by atoms with Crippen molar-refractivity contribution in [3.05, 3.63) is 52.8 Å². The van der Waals surface area contributed by atoms with Crippen LogP contribution >= 0.6 is 0 Å². The van der Waals surface area contributed by atoms with Crippen LogP contribution in [-0.2, 0) is 12.8 Å². The van der Waals surface area contributed by atoms with E-state index >= 15 is 0 Å². The second-order valence-electron chi connectivity index (χ2n) is 4.97. The zero-order chi connectivity index (χ0) is 15.2. The fourth-order valence-electron chi connectivity index (χ4n) is 2.20. The molecule has 1 aromatic heterocycles. The number of ether oxygens (including phenoxy) is 1. The van der Waals surface area contributed by atoms with E-state index in [-0.39, 0.29) is 5.78 Å². The molecule has 110 valence electrons. The number of hydrogen-bond donors (Lipinski definition) is 0. The Morgan fingerprint density at radius 3 is 2.52 bits per heavy atom. The minimum absolute atomic E-state index is 0.126. The number of nitrogens with zero attached hydrogens (tertiary/aromatic N) is 2. The molecule has 0 saturated heterocycles. The van der Waals surface area contributed by atoms with Crippen LogP contribution in [-0.4, -0.2) is 23.1 Å². The van der Waals surface area contributed by atoms with E-state index in [1.165, 1.54) is 0 Å². The molecule has 4 heteroatoms. The highest BCUT2D eigenvalue weighted by Gasteiger charge is 2.13. The maximum atomic E-state index is 12.4. The van der Waals surface area contributed by atoms with Gasteiger partial charge in [0.15, 0.2) is 5.78 Å². The molecule has 1 heterocycles. The first-order valence-corrected chi connectivity index (χ1v) is 7.13. The van der Waals surface area contributed by atoms with E-state index in [9.17, 15) is 4.79 Å². The van der Waals surface area contributed by atoms with E-state index in [0.29, 0.717) is 18.4 Å². The molecule has 0 aliphatic heterocycles.